The van der Waals surface area contributed by atoms with Gasteiger partial charge < -0.3 is 43.6 Å². The molecule has 1 amide bonds. The van der Waals surface area contributed by atoms with Gasteiger partial charge in [-0.15, -0.1) is 0 Å². The third-order valence-electron chi connectivity index (χ3n) is 14.0. The lowest BCUT2D eigenvalue weighted by Crippen LogP contribution is -2.80. The fourth-order valence-corrected chi connectivity index (χ4v) is 11.1. The zero-order valence-corrected chi connectivity index (χ0v) is 36.1. The molecule has 3 aliphatic carbocycles. The van der Waals surface area contributed by atoms with Crippen LogP contribution in [0.4, 0.5) is 9.18 Å². The Kier molecular flexibility index (Phi) is 11.7. The maximum atomic E-state index is 14.4. The topological polar surface area (TPSA) is 199 Å². The number of aliphatic hydroxyl groups is 1. The molecule has 3 aromatic carbocycles. The molecule has 64 heavy (non-hydrogen) atoms. The van der Waals surface area contributed by atoms with Crippen LogP contribution in [-0.2, 0) is 47.5 Å². The molecule has 1 unspecified atom stereocenters. The molecule has 15 nitrogen and oxygen atoms in total. The molecule has 2 heterocycles. The van der Waals surface area contributed by atoms with Gasteiger partial charge in [-0.3, -0.25) is 14.4 Å². The van der Waals surface area contributed by atoms with Crippen molar-refractivity contribution in [2.24, 2.45) is 22.7 Å². The molecule has 0 aromatic heterocycles. The van der Waals surface area contributed by atoms with Gasteiger partial charge in [0.25, 0.3) is 5.91 Å². The third-order valence-corrected chi connectivity index (χ3v) is 14.0. The SMILES string of the molecule is CC(=O)O[C@H]1C[C@H]2OC[C@@]2(OC(C)=O)[C@H]2[C@H](OC(=O)c3ccccc3)C3C[C@H](OC(=O)[C@H](O)[C@@H](NC(=O)c4cccc(F)c4)c4ccccc4)C(C)=C([C@H]4OC(=O)O[C@@H]4[C@]12C)C3(C)C. The first-order valence-corrected chi connectivity index (χ1v) is 21.2. The molecule has 12 atom stereocenters. The highest BCUT2D eigenvalue weighted by molar-refractivity contribution is 5.95. The Labute approximate surface area is 368 Å². The van der Waals surface area contributed by atoms with Crippen LogP contribution in [0.1, 0.15) is 86.7 Å². The van der Waals surface area contributed by atoms with Gasteiger partial charge in [0.15, 0.2) is 23.9 Å². The first-order valence-electron chi connectivity index (χ1n) is 21.2. The fourth-order valence-electron chi connectivity index (χ4n) is 11.1. The Morgan fingerprint density at radius 1 is 0.844 bits per heavy atom. The number of ether oxygens (including phenoxy) is 7. The summed E-state index contributed by atoms with van der Waals surface area (Å²) >= 11 is 0. The number of hydrogen-bond donors (Lipinski definition) is 2. The Hall–Kier alpha value is -6.13. The van der Waals surface area contributed by atoms with Crippen LogP contribution in [-0.4, -0.2) is 96.0 Å². The van der Waals surface area contributed by atoms with Crippen LogP contribution < -0.4 is 5.32 Å². The summed E-state index contributed by atoms with van der Waals surface area (Å²) in [7, 11) is 0. The van der Waals surface area contributed by atoms with E-state index in [0.717, 1.165) is 6.07 Å². The second-order valence-electron chi connectivity index (χ2n) is 18.0. The Morgan fingerprint density at radius 3 is 2.14 bits per heavy atom. The number of halogens is 1. The molecule has 16 heteroatoms. The molecule has 5 aliphatic rings. The summed E-state index contributed by atoms with van der Waals surface area (Å²) in [5, 5.41) is 14.5. The Morgan fingerprint density at radius 2 is 1.52 bits per heavy atom. The van der Waals surface area contributed by atoms with E-state index in [4.69, 9.17) is 33.2 Å². The molecule has 0 spiro atoms. The first kappa shape index (κ1) is 44.5. The van der Waals surface area contributed by atoms with Crippen LogP contribution >= 0.6 is 0 Å². The monoisotopic (exact) mass is 883 g/mol. The molecule has 2 saturated heterocycles. The molecule has 8 rings (SSSR count). The van der Waals surface area contributed by atoms with E-state index in [1.165, 1.54) is 32.0 Å². The second-order valence-corrected chi connectivity index (χ2v) is 18.0. The molecule has 2 N–H and O–H groups in total. The predicted octanol–water partition coefficient (Wildman–Crippen LogP) is 5.73. The minimum atomic E-state index is -2.00. The van der Waals surface area contributed by atoms with Gasteiger partial charge in [-0.05, 0) is 65.8 Å². The first-order chi connectivity index (χ1) is 30.4. The van der Waals surface area contributed by atoms with Crippen LogP contribution in [0.15, 0.2) is 96.1 Å². The summed E-state index contributed by atoms with van der Waals surface area (Å²) in [5.74, 6) is -6.54. The lowest BCUT2D eigenvalue weighted by Gasteiger charge is -2.67. The van der Waals surface area contributed by atoms with Crippen molar-refractivity contribution < 1.29 is 71.4 Å². The van der Waals surface area contributed by atoms with Crippen molar-refractivity contribution in [2.45, 2.75) is 109 Å². The largest absolute Gasteiger partial charge is 0.509 e. The molecule has 2 aliphatic heterocycles. The molecule has 3 aromatic rings. The van der Waals surface area contributed by atoms with Crippen molar-refractivity contribution in [3.63, 3.8) is 0 Å². The summed E-state index contributed by atoms with van der Waals surface area (Å²) < 4.78 is 57.7. The molecule has 0 radical (unpaired) electrons. The van der Waals surface area contributed by atoms with Crippen LogP contribution in [0.5, 0.6) is 0 Å². The van der Waals surface area contributed by atoms with Gasteiger partial charge in [-0.25, -0.2) is 18.8 Å². The zero-order valence-electron chi connectivity index (χ0n) is 36.1. The summed E-state index contributed by atoms with van der Waals surface area (Å²) in [6.45, 7) is 9.55. The van der Waals surface area contributed by atoms with E-state index >= 15 is 0 Å². The van der Waals surface area contributed by atoms with Gasteiger partial charge in [0.1, 0.15) is 30.2 Å². The lowest BCUT2D eigenvalue weighted by molar-refractivity contribution is -0.351. The number of hydrogen-bond acceptors (Lipinski definition) is 14. The fraction of sp³-hybridized carbons (Fsp3) is 0.458. The van der Waals surface area contributed by atoms with Gasteiger partial charge in [0.2, 0.25) is 0 Å². The maximum absolute atomic E-state index is 14.4. The van der Waals surface area contributed by atoms with Gasteiger partial charge in [-0.1, -0.05) is 75.4 Å². The summed E-state index contributed by atoms with van der Waals surface area (Å²) in [4.78, 5) is 81.8. The summed E-state index contributed by atoms with van der Waals surface area (Å²) in [5.41, 5.74) is -2.62. The van der Waals surface area contributed by atoms with Crippen LogP contribution in [0.25, 0.3) is 0 Å². The third kappa shape index (κ3) is 7.59. The van der Waals surface area contributed by atoms with Gasteiger partial charge in [0, 0.05) is 31.7 Å². The standard InChI is InChI=1S/C48H50FNO14/c1-24-32(60-44(56)37(53)36(27-14-9-7-10-15-27)50-42(54)29-18-13-19-30(49)20-29)21-31-38(61-43(55)28-16-11-8-12-17-28)40-47(6,41-39(62-45(57)63-41)35(24)46(31,4)5)33(59-25(2)51)22-34-48(40,23-58-34)64-26(3)52/h7-20,31-34,36-41,53H,21-23H2,1-6H3,(H,50,54)/t31?,32-,33-,34+,36-,37+,38+,39+,40-,41-,47+,48-/m0/s1. The number of benzene rings is 3. The van der Waals surface area contributed by atoms with Gasteiger partial charge in [-0.2, -0.15) is 0 Å². The van der Waals surface area contributed by atoms with E-state index in [9.17, 15) is 38.3 Å². The molecular weight excluding hydrogens is 834 g/mol. The van der Waals surface area contributed by atoms with E-state index in [1.54, 1.807) is 74.5 Å². The van der Waals surface area contributed by atoms with Crippen molar-refractivity contribution >= 4 is 35.9 Å². The van der Waals surface area contributed by atoms with Gasteiger partial charge in [0.05, 0.1) is 29.5 Å². The van der Waals surface area contributed by atoms with Crippen LogP contribution in [0.2, 0.25) is 0 Å². The van der Waals surface area contributed by atoms with Crippen LogP contribution in [0, 0.1) is 28.5 Å². The number of carbonyl (C=O) groups is 6. The maximum Gasteiger partial charge on any atom is 0.509 e. The molecule has 2 bridgehead atoms. The normalized spacial score (nSPS) is 31.8. The number of aliphatic hydroxyl groups excluding tert-OH is 1. The van der Waals surface area contributed by atoms with E-state index in [-0.39, 0.29) is 30.6 Å². The highest BCUT2D eigenvalue weighted by atomic mass is 19.1. The Bertz CT molecular complexity index is 2390. The van der Waals surface area contributed by atoms with E-state index in [2.05, 4.69) is 5.32 Å². The van der Waals surface area contributed by atoms with Crippen LogP contribution in [0.3, 0.4) is 0 Å². The second kappa shape index (κ2) is 16.8. The minimum absolute atomic E-state index is 0.0303. The van der Waals surface area contributed by atoms with E-state index < -0.39 is 119 Å². The van der Waals surface area contributed by atoms with Crippen molar-refractivity contribution in [2.75, 3.05) is 6.61 Å². The summed E-state index contributed by atoms with van der Waals surface area (Å²) in [6.07, 6.45) is -9.82. The molecular formula is C48H50FNO14. The number of amides is 1. The Balaban J connectivity index is 1.26. The van der Waals surface area contributed by atoms with Crippen molar-refractivity contribution in [1.29, 1.82) is 0 Å². The average molecular weight is 884 g/mol. The lowest BCUT2D eigenvalue weighted by atomic mass is 9.45. The van der Waals surface area contributed by atoms with Crippen molar-refractivity contribution in [1.82, 2.24) is 5.32 Å². The number of esters is 4. The predicted molar refractivity (Wildman–Crippen MR) is 220 cm³/mol. The number of carbonyl (C=O) groups excluding carboxylic acids is 6. The highest BCUT2D eigenvalue weighted by Gasteiger charge is 2.78. The minimum Gasteiger partial charge on any atom is -0.462 e. The molecule has 4 fully saturated rings. The van der Waals surface area contributed by atoms with E-state index in [1.807, 2.05) is 13.8 Å². The number of fused-ring (bicyclic) bond motifs is 8. The molecule has 2 saturated carbocycles. The molecule has 338 valence electrons. The van der Waals surface area contributed by atoms with E-state index in [0.29, 0.717) is 16.7 Å². The zero-order chi connectivity index (χ0) is 45.9. The average Bonchev–Trinajstić information content (AvgIpc) is 3.63. The van der Waals surface area contributed by atoms with Crippen molar-refractivity contribution in [3.8, 4) is 0 Å². The smallest absolute Gasteiger partial charge is 0.462 e. The van der Waals surface area contributed by atoms with Gasteiger partial charge >= 0.3 is 30.0 Å². The number of rotatable bonds is 10. The highest BCUT2D eigenvalue weighted by Crippen LogP contribution is 2.66. The number of nitrogens with one attached hydrogen (secondary N) is 1. The summed E-state index contributed by atoms with van der Waals surface area (Å²) in [6, 6.07) is 20.0. The van der Waals surface area contributed by atoms with Crippen molar-refractivity contribution in [3.05, 3.63) is 119 Å². The quantitative estimate of drug-likeness (QED) is 0.142.